The maximum absolute atomic E-state index is 13.8. The summed E-state index contributed by atoms with van der Waals surface area (Å²) in [5.74, 6) is -0.499. The summed E-state index contributed by atoms with van der Waals surface area (Å²) in [6, 6.07) is 16.6. The Hall–Kier alpha value is -3.37. The average molecular weight is 565 g/mol. The van der Waals surface area contributed by atoms with Gasteiger partial charge >= 0.3 is 18.6 Å². The van der Waals surface area contributed by atoms with E-state index < -0.39 is 29.9 Å². The van der Waals surface area contributed by atoms with Gasteiger partial charge in [0.05, 0.1) is 10.7 Å². The van der Waals surface area contributed by atoms with Crippen molar-refractivity contribution in [1.82, 2.24) is 15.6 Å². The third-order valence-corrected chi connectivity index (χ3v) is 7.00. The van der Waals surface area contributed by atoms with E-state index in [1.807, 2.05) is 30.3 Å². The first-order chi connectivity index (χ1) is 18.6. The van der Waals surface area contributed by atoms with Crippen molar-refractivity contribution in [3.63, 3.8) is 0 Å². The molecule has 4 N–H and O–H groups in total. The number of aromatic nitrogens is 1. The molecule has 1 fully saturated rings. The molecule has 0 spiro atoms. The summed E-state index contributed by atoms with van der Waals surface area (Å²) < 4.78 is 57.7. The number of ether oxygens (including phenoxy) is 1. The first kappa shape index (κ1) is 28.6. The van der Waals surface area contributed by atoms with Gasteiger partial charge in [-0.25, -0.2) is 4.79 Å². The van der Waals surface area contributed by atoms with Crippen molar-refractivity contribution in [3.8, 4) is 5.75 Å². The zero-order valence-corrected chi connectivity index (χ0v) is 21.7. The van der Waals surface area contributed by atoms with Crippen LogP contribution < -0.4 is 21.1 Å². The highest BCUT2D eigenvalue weighted by atomic mass is 35.5. The highest BCUT2D eigenvalue weighted by Gasteiger charge is 2.45. The number of carbonyl (C=O) groups excluding carboxylic acids is 1. The molecular weight excluding hydrogens is 536 g/mol. The first-order valence-electron chi connectivity index (χ1n) is 12.5. The van der Waals surface area contributed by atoms with Gasteiger partial charge in [-0.1, -0.05) is 66.9 Å². The standard InChI is InChI=1S/C28H29ClF4N4O2/c29-20-13-14-24(35-17-20)27(16-18-7-2-1-3-8-18,37-26(38)36-23-12-5-4-11-22(23)34)19-9-6-10-21(15-19)39-28(32,33)25(30)31/h1-3,6-10,13-15,17,22-23,25H,4-5,11-12,16,34H2,(H2,36,37,38). The van der Waals surface area contributed by atoms with Crippen molar-refractivity contribution in [1.29, 1.82) is 0 Å². The van der Waals surface area contributed by atoms with Gasteiger partial charge in [0.1, 0.15) is 11.3 Å². The number of nitrogens with zero attached hydrogens (tertiary/aromatic N) is 1. The molecule has 0 saturated heterocycles. The Labute approximate surface area is 228 Å². The lowest BCUT2D eigenvalue weighted by Crippen LogP contribution is -2.57. The molecule has 3 aromatic rings. The lowest BCUT2D eigenvalue weighted by atomic mass is 9.80. The van der Waals surface area contributed by atoms with E-state index in [9.17, 15) is 22.4 Å². The van der Waals surface area contributed by atoms with Crippen LogP contribution >= 0.6 is 11.6 Å². The summed E-state index contributed by atoms with van der Waals surface area (Å²) in [6.07, 6.45) is -3.81. The van der Waals surface area contributed by atoms with Gasteiger partial charge in [0.15, 0.2) is 0 Å². The number of hydrogen-bond donors (Lipinski definition) is 3. The molecule has 1 saturated carbocycles. The summed E-state index contributed by atoms with van der Waals surface area (Å²) in [7, 11) is 0. The number of benzene rings is 2. The molecule has 2 amide bonds. The van der Waals surface area contributed by atoms with Gasteiger partial charge < -0.3 is 21.1 Å². The number of nitrogens with two attached hydrogens (primary N) is 1. The number of halogens is 5. The Balaban J connectivity index is 1.81. The van der Waals surface area contributed by atoms with E-state index in [1.165, 1.54) is 18.3 Å². The Morgan fingerprint density at radius 3 is 2.49 bits per heavy atom. The second-order valence-corrected chi connectivity index (χ2v) is 10.0. The highest BCUT2D eigenvalue weighted by molar-refractivity contribution is 6.30. The fourth-order valence-electron chi connectivity index (χ4n) is 4.81. The van der Waals surface area contributed by atoms with Crippen LogP contribution in [0.3, 0.4) is 0 Å². The number of urea groups is 1. The first-order valence-corrected chi connectivity index (χ1v) is 12.9. The number of pyridine rings is 1. The zero-order chi connectivity index (χ0) is 28.0. The molecule has 4 rings (SSSR count). The summed E-state index contributed by atoms with van der Waals surface area (Å²) in [6.45, 7) is 0. The SMILES string of the molecule is NC1CCCCC1NC(=O)NC(Cc1ccccc1)(c1cccc(OC(F)(F)C(F)F)c1)c1ccc(Cl)cn1. The van der Waals surface area contributed by atoms with E-state index in [-0.39, 0.29) is 24.1 Å². The third kappa shape index (κ3) is 6.99. The second kappa shape index (κ2) is 12.2. The van der Waals surface area contributed by atoms with E-state index in [0.29, 0.717) is 17.1 Å². The van der Waals surface area contributed by atoms with Crippen molar-refractivity contribution >= 4 is 17.6 Å². The molecule has 11 heteroatoms. The third-order valence-electron chi connectivity index (χ3n) is 6.77. The fraction of sp³-hybridized carbons (Fsp3) is 0.357. The normalized spacial score (nSPS) is 19.3. The van der Waals surface area contributed by atoms with Crippen LogP contribution in [0.15, 0.2) is 72.9 Å². The number of alkyl halides is 4. The van der Waals surface area contributed by atoms with Crippen LogP contribution in [0.5, 0.6) is 5.75 Å². The minimum atomic E-state index is -4.71. The zero-order valence-electron chi connectivity index (χ0n) is 20.9. The Kier molecular flexibility index (Phi) is 8.97. The van der Waals surface area contributed by atoms with Crippen LogP contribution in [-0.2, 0) is 12.0 Å². The minimum absolute atomic E-state index is 0.140. The van der Waals surface area contributed by atoms with Crippen LogP contribution in [0, 0.1) is 0 Å². The quantitative estimate of drug-likeness (QED) is 0.277. The molecule has 39 heavy (non-hydrogen) atoms. The number of rotatable bonds is 9. The molecular formula is C28H29ClF4N4O2. The summed E-state index contributed by atoms with van der Waals surface area (Å²) in [5, 5.41) is 6.30. The molecule has 6 nitrogen and oxygen atoms in total. The van der Waals surface area contributed by atoms with E-state index >= 15 is 0 Å². The molecule has 2 aromatic carbocycles. The maximum Gasteiger partial charge on any atom is 0.461 e. The van der Waals surface area contributed by atoms with Gasteiger partial charge in [0.25, 0.3) is 0 Å². The average Bonchev–Trinajstić information content (AvgIpc) is 2.90. The second-order valence-electron chi connectivity index (χ2n) is 9.58. The fourth-order valence-corrected chi connectivity index (χ4v) is 4.93. The van der Waals surface area contributed by atoms with Gasteiger partial charge in [0, 0.05) is 24.7 Å². The number of hydrogen-bond acceptors (Lipinski definition) is 4. The predicted molar refractivity (Wildman–Crippen MR) is 140 cm³/mol. The number of amides is 2. The van der Waals surface area contributed by atoms with Crippen molar-refractivity contribution < 1.29 is 27.1 Å². The topological polar surface area (TPSA) is 89.3 Å². The van der Waals surface area contributed by atoms with Crippen molar-refractivity contribution in [2.45, 2.75) is 62.3 Å². The highest BCUT2D eigenvalue weighted by Crippen LogP contribution is 2.36. The van der Waals surface area contributed by atoms with Gasteiger partial charge in [-0.15, -0.1) is 0 Å². The summed E-state index contributed by atoms with van der Waals surface area (Å²) in [5.41, 5.74) is 6.22. The van der Waals surface area contributed by atoms with Crippen LogP contribution in [0.1, 0.15) is 42.5 Å². The Morgan fingerprint density at radius 1 is 1.08 bits per heavy atom. The monoisotopic (exact) mass is 564 g/mol. The molecule has 0 bridgehead atoms. The van der Waals surface area contributed by atoms with E-state index in [2.05, 4.69) is 20.4 Å². The lowest BCUT2D eigenvalue weighted by molar-refractivity contribution is -0.253. The number of nitrogens with one attached hydrogen (secondary N) is 2. The van der Waals surface area contributed by atoms with Crippen molar-refractivity contribution in [2.24, 2.45) is 5.73 Å². The molecule has 0 radical (unpaired) electrons. The smallest absolute Gasteiger partial charge is 0.428 e. The maximum atomic E-state index is 13.8. The van der Waals surface area contributed by atoms with Gasteiger partial charge in [-0.2, -0.15) is 17.6 Å². The van der Waals surface area contributed by atoms with Crippen LogP contribution in [0.2, 0.25) is 5.02 Å². The minimum Gasteiger partial charge on any atom is -0.428 e. The van der Waals surface area contributed by atoms with E-state index in [4.69, 9.17) is 17.3 Å². The number of carbonyl (C=O) groups is 1. The molecule has 3 atom stereocenters. The molecule has 1 heterocycles. The largest absolute Gasteiger partial charge is 0.461 e. The molecule has 208 valence electrons. The summed E-state index contributed by atoms with van der Waals surface area (Å²) >= 11 is 6.10. The van der Waals surface area contributed by atoms with E-state index in [0.717, 1.165) is 30.9 Å². The van der Waals surface area contributed by atoms with Crippen LogP contribution in [0.4, 0.5) is 22.4 Å². The molecule has 1 aliphatic rings. The van der Waals surface area contributed by atoms with E-state index in [1.54, 1.807) is 18.2 Å². The van der Waals surface area contributed by atoms with Gasteiger partial charge in [-0.05, 0) is 48.2 Å². The molecule has 1 aromatic heterocycles. The molecule has 0 aliphatic heterocycles. The molecule has 3 unspecified atom stereocenters. The predicted octanol–water partition coefficient (Wildman–Crippen LogP) is 6.03. The Morgan fingerprint density at radius 2 is 1.82 bits per heavy atom. The molecule has 1 aliphatic carbocycles. The van der Waals surface area contributed by atoms with Crippen LogP contribution in [-0.4, -0.2) is 35.6 Å². The van der Waals surface area contributed by atoms with Crippen molar-refractivity contribution in [3.05, 3.63) is 94.8 Å². The van der Waals surface area contributed by atoms with Gasteiger partial charge in [0.2, 0.25) is 0 Å². The van der Waals surface area contributed by atoms with Gasteiger partial charge in [-0.3, -0.25) is 4.98 Å². The summed E-state index contributed by atoms with van der Waals surface area (Å²) in [4.78, 5) is 18.0. The lowest BCUT2D eigenvalue weighted by Gasteiger charge is -2.37. The van der Waals surface area contributed by atoms with Crippen LogP contribution in [0.25, 0.3) is 0 Å². The Bertz CT molecular complexity index is 1250. The van der Waals surface area contributed by atoms with Crippen molar-refractivity contribution in [2.75, 3.05) is 0 Å².